The van der Waals surface area contributed by atoms with Crippen LogP contribution < -0.4 is 4.72 Å². The van der Waals surface area contributed by atoms with E-state index in [1.165, 1.54) is 6.07 Å². The highest BCUT2D eigenvalue weighted by atomic mass is 35.5. The number of thiophene rings is 1. The summed E-state index contributed by atoms with van der Waals surface area (Å²) in [7, 11) is -3.66. The molecule has 1 heterocycles. The molecule has 0 aliphatic carbocycles. The van der Waals surface area contributed by atoms with Gasteiger partial charge in [-0.3, -0.25) is 4.79 Å². The number of rotatable bonds is 6. The molecule has 0 unspecified atom stereocenters. The fraction of sp³-hybridized carbons (Fsp3) is 0.154. The largest absolute Gasteiger partial charge is 0.460 e. The predicted molar refractivity (Wildman–Crippen MR) is 80.8 cm³/mol. The summed E-state index contributed by atoms with van der Waals surface area (Å²) in [5.74, 6) is -0.657. The molecule has 0 spiro atoms. The topological polar surface area (TPSA) is 72.5 Å². The molecule has 0 aliphatic heterocycles. The van der Waals surface area contributed by atoms with Crippen molar-refractivity contribution >= 4 is 38.9 Å². The van der Waals surface area contributed by atoms with E-state index in [0.717, 1.165) is 16.9 Å². The fourth-order valence-electron chi connectivity index (χ4n) is 1.48. The van der Waals surface area contributed by atoms with E-state index < -0.39 is 22.5 Å². The highest BCUT2D eigenvalue weighted by Gasteiger charge is 2.16. The van der Waals surface area contributed by atoms with E-state index in [-0.39, 0.29) is 10.8 Å². The Morgan fingerprint density at radius 1 is 1.29 bits per heavy atom. The molecule has 0 saturated carbocycles. The van der Waals surface area contributed by atoms with E-state index in [0.29, 0.717) is 5.02 Å². The maximum absolute atomic E-state index is 11.8. The molecule has 1 aromatic heterocycles. The fourth-order valence-corrected chi connectivity index (χ4v) is 3.70. The first kappa shape index (κ1) is 16.0. The molecule has 5 nitrogen and oxygen atoms in total. The van der Waals surface area contributed by atoms with Gasteiger partial charge in [0.25, 0.3) is 10.0 Å². The molecule has 21 heavy (non-hydrogen) atoms. The minimum atomic E-state index is -3.66. The molecule has 8 heteroatoms. The summed E-state index contributed by atoms with van der Waals surface area (Å²) >= 11 is 6.88. The van der Waals surface area contributed by atoms with Gasteiger partial charge in [0.15, 0.2) is 0 Å². The van der Waals surface area contributed by atoms with Gasteiger partial charge in [0, 0.05) is 5.02 Å². The normalized spacial score (nSPS) is 11.3. The molecule has 0 radical (unpaired) electrons. The Bertz CT molecular complexity index is 714. The molecule has 2 aromatic rings. The van der Waals surface area contributed by atoms with E-state index in [2.05, 4.69) is 4.72 Å². The molecule has 1 aromatic carbocycles. The van der Waals surface area contributed by atoms with Gasteiger partial charge >= 0.3 is 5.97 Å². The van der Waals surface area contributed by atoms with Gasteiger partial charge in [-0.05, 0) is 29.1 Å². The van der Waals surface area contributed by atoms with Crippen molar-refractivity contribution in [3.63, 3.8) is 0 Å². The Kier molecular flexibility index (Phi) is 5.35. The number of carbonyl (C=O) groups is 1. The molecule has 0 amide bonds. The van der Waals surface area contributed by atoms with E-state index in [1.54, 1.807) is 35.7 Å². The van der Waals surface area contributed by atoms with Crippen LogP contribution in [-0.2, 0) is 26.2 Å². The van der Waals surface area contributed by atoms with Crippen molar-refractivity contribution in [2.75, 3.05) is 6.54 Å². The van der Waals surface area contributed by atoms with Crippen LogP contribution in [0.25, 0.3) is 0 Å². The first-order valence-electron chi connectivity index (χ1n) is 5.90. The average Bonchev–Trinajstić information content (AvgIpc) is 2.98. The second-order valence-corrected chi connectivity index (χ2v) is 7.43. The minimum Gasteiger partial charge on any atom is -0.460 e. The second kappa shape index (κ2) is 7.04. The number of ether oxygens (including phenoxy) is 1. The number of carbonyl (C=O) groups excluding carboxylic acids is 1. The monoisotopic (exact) mass is 345 g/mol. The summed E-state index contributed by atoms with van der Waals surface area (Å²) in [5.41, 5.74) is 0.733. The van der Waals surface area contributed by atoms with E-state index >= 15 is 0 Å². The van der Waals surface area contributed by atoms with E-state index in [1.807, 2.05) is 0 Å². The number of esters is 1. The summed E-state index contributed by atoms with van der Waals surface area (Å²) in [6, 6.07) is 9.97. The zero-order valence-electron chi connectivity index (χ0n) is 10.8. The SMILES string of the molecule is O=C(CNS(=O)(=O)c1cccs1)OCc1cccc(Cl)c1. The number of hydrogen-bond acceptors (Lipinski definition) is 5. The molecular formula is C13H12ClNO4S2. The zero-order valence-corrected chi connectivity index (χ0v) is 13.2. The molecule has 2 rings (SSSR count). The maximum atomic E-state index is 11.8. The summed E-state index contributed by atoms with van der Waals surface area (Å²) in [6.07, 6.45) is 0. The highest BCUT2D eigenvalue weighted by Crippen LogP contribution is 2.15. The third-order valence-corrected chi connectivity index (χ3v) is 5.49. The number of hydrogen-bond donors (Lipinski definition) is 1. The molecular weight excluding hydrogens is 334 g/mol. The van der Waals surface area contributed by atoms with Gasteiger partial charge in [-0.15, -0.1) is 11.3 Å². The molecule has 0 fully saturated rings. The van der Waals surface area contributed by atoms with Crippen LogP contribution in [0.3, 0.4) is 0 Å². The molecule has 0 aliphatic rings. The van der Waals surface area contributed by atoms with Crippen LogP contribution in [0.15, 0.2) is 46.0 Å². The summed E-state index contributed by atoms with van der Waals surface area (Å²) in [4.78, 5) is 11.5. The lowest BCUT2D eigenvalue weighted by molar-refractivity contribution is -0.143. The number of halogens is 1. The van der Waals surface area contributed by atoms with Crippen molar-refractivity contribution < 1.29 is 17.9 Å². The Balaban J connectivity index is 1.83. The summed E-state index contributed by atoms with van der Waals surface area (Å²) in [5, 5.41) is 2.19. The van der Waals surface area contributed by atoms with Crippen molar-refractivity contribution in [2.45, 2.75) is 10.8 Å². The molecule has 0 saturated heterocycles. The lowest BCUT2D eigenvalue weighted by Crippen LogP contribution is -2.30. The van der Waals surface area contributed by atoms with Crippen molar-refractivity contribution in [1.82, 2.24) is 4.72 Å². The Hall–Kier alpha value is -1.41. The quantitative estimate of drug-likeness (QED) is 0.816. The number of benzene rings is 1. The van der Waals surface area contributed by atoms with Gasteiger partial charge in [-0.25, -0.2) is 8.42 Å². The average molecular weight is 346 g/mol. The highest BCUT2D eigenvalue weighted by molar-refractivity contribution is 7.91. The lowest BCUT2D eigenvalue weighted by Gasteiger charge is -2.06. The van der Waals surface area contributed by atoms with Crippen LogP contribution in [0.5, 0.6) is 0 Å². The predicted octanol–water partition coefficient (Wildman–Crippen LogP) is 2.42. The standard InChI is InChI=1S/C13H12ClNO4S2/c14-11-4-1-3-10(7-11)9-19-12(16)8-15-21(17,18)13-5-2-6-20-13/h1-7,15H,8-9H2. The lowest BCUT2D eigenvalue weighted by atomic mass is 10.2. The summed E-state index contributed by atoms with van der Waals surface area (Å²) in [6.45, 7) is -0.374. The van der Waals surface area contributed by atoms with Crippen LogP contribution in [-0.4, -0.2) is 20.9 Å². The number of sulfonamides is 1. The molecule has 0 bridgehead atoms. The van der Waals surface area contributed by atoms with Gasteiger partial charge in [-0.2, -0.15) is 4.72 Å². The molecule has 1 N–H and O–H groups in total. The van der Waals surface area contributed by atoms with Crippen molar-refractivity contribution in [1.29, 1.82) is 0 Å². The van der Waals surface area contributed by atoms with Crippen LogP contribution in [0.2, 0.25) is 5.02 Å². The second-order valence-electron chi connectivity index (χ2n) is 4.05. The summed E-state index contributed by atoms with van der Waals surface area (Å²) < 4.78 is 30.9. The first-order valence-corrected chi connectivity index (χ1v) is 8.65. The Labute approximate surface area is 131 Å². The van der Waals surface area contributed by atoms with Crippen LogP contribution in [0, 0.1) is 0 Å². The molecule has 112 valence electrons. The Morgan fingerprint density at radius 2 is 2.10 bits per heavy atom. The van der Waals surface area contributed by atoms with E-state index in [4.69, 9.17) is 16.3 Å². The Morgan fingerprint density at radius 3 is 2.76 bits per heavy atom. The maximum Gasteiger partial charge on any atom is 0.321 e. The van der Waals surface area contributed by atoms with Gasteiger partial charge in [0.1, 0.15) is 17.4 Å². The smallest absolute Gasteiger partial charge is 0.321 e. The van der Waals surface area contributed by atoms with Crippen LogP contribution in [0.4, 0.5) is 0 Å². The van der Waals surface area contributed by atoms with Crippen LogP contribution in [0.1, 0.15) is 5.56 Å². The zero-order chi connectivity index (χ0) is 15.3. The van der Waals surface area contributed by atoms with Crippen molar-refractivity contribution in [3.8, 4) is 0 Å². The van der Waals surface area contributed by atoms with Crippen molar-refractivity contribution in [2.24, 2.45) is 0 Å². The van der Waals surface area contributed by atoms with E-state index in [9.17, 15) is 13.2 Å². The van der Waals surface area contributed by atoms with Gasteiger partial charge in [-0.1, -0.05) is 29.8 Å². The number of nitrogens with one attached hydrogen (secondary N) is 1. The van der Waals surface area contributed by atoms with Gasteiger partial charge < -0.3 is 4.74 Å². The third kappa shape index (κ3) is 4.82. The van der Waals surface area contributed by atoms with Gasteiger partial charge in [0.2, 0.25) is 0 Å². The van der Waals surface area contributed by atoms with Gasteiger partial charge in [0.05, 0.1) is 0 Å². The van der Waals surface area contributed by atoms with Crippen LogP contribution >= 0.6 is 22.9 Å². The first-order chi connectivity index (χ1) is 9.97. The minimum absolute atomic E-state index is 0.0418. The van der Waals surface area contributed by atoms with Crippen molar-refractivity contribution in [3.05, 3.63) is 52.4 Å². The third-order valence-electron chi connectivity index (χ3n) is 2.46. The molecule has 0 atom stereocenters.